The van der Waals surface area contributed by atoms with E-state index in [0.29, 0.717) is 6.61 Å². The van der Waals surface area contributed by atoms with E-state index in [1.165, 1.54) is 25.7 Å². The molecular weight excluding hydrogens is 124 g/mol. The number of hydrogen-bond acceptors (Lipinski definition) is 1. The largest absolute Gasteiger partial charge is 0.396 e. The summed E-state index contributed by atoms with van der Waals surface area (Å²) >= 11 is 0. The summed E-state index contributed by atoms with van der Waals surface area (Å²) in [4.78, 5) is 0. The summed E-state index contributed by atoms with van der Waals surface area (Å²) in [6.07, 6.45) is 6.84. The van der Waals surface area contributed by atoms with Crippen LogP contribution in [0.1, 0.15) is 32.1 Å². The van der Waals surface area contributed by atoms with Crippen LogP contribution in [0.3, 0.4) is 0 Å². The molecule has 2 fully saturated rings. The van der Waals surface area contributed by atoms with Gasteiger partial charge in [0.25, 0.3) is 0 Å². The highest BCUT2D eigenvalue weighted by atomic mass is 16.3. The maximum atomic E-state index is 8.75. The second kappa shape index (κ2) is 2.54. The van der Waals surface area contributed by atoms with Crippen molar-refractivity contribution in [2.75, 3.05) is 6.61 Å². The molecule has 0 radical (unpaired) electrons. The highest BCUT2D eigenvalue weighted by molar-refractivity contribution is 4.94. The molecule has 0 aromatic rings. The zero-order valence-electron chi connectivity index (χ0n) is 6.42. The molecule has 2 rings (SSSR count). The molecule has 10 heavy (non-hydrogen) atoms. The number of aliphatic hydroxyl groups excluding tert-OH is 1. The molecule has 2 saturated carbocycles. The normalized spacial score (nSPS) is 44.7. The van der Waals surface area contributed by atoms with Crippen LogP contribution in [0.2, 0.25) is 0 Å². The third kappa shape index (κ3) is 1.07. The molecule has 0 aromatic carbocycles. The summed E-state index contributed by atoms with van der Waals surface area (Å²) in [7, 11) is 0. The Morgan fingerprint density at radius 1 is 1.30 bits per heavy atom. The van der Waals surface area contributed by atoms with Crippen LogP contribution in [0.25, 0.3) is 0 Å². The Hall–Kier alpha value is -0.0400. The first-order valence-electron chi connectivity index (χ1n) is 4.52. The SMILES string of the molecule is OCCC1CCCC2CC12. The Bertz CT molecular complexity index is 120. The Kier molecular flexibility index (Phi) is 1.69. The lowest BCUT2D eigenvalue weighted by molar-refractivity contribution is 0.221. The van der Waals surface area contributed by atoms with Gasteiger partial charge >= 0.3 is 0 Å². The third-order valence-electron chi connectivity index (χ3n) is 3.23. The van der Waals surface area contributed by atoms with Gasteiger partial charge in [0.1, 0.15) is 0 Å². The van der Waals surface area contributed by atoms with Gasteiger partial charge in [0, 0.05) is 6.61 Å². The van der Waals surface area contributed by atoms with Crippen LogP contribution in [0.4, 0.5) is 0 Å². The van der Waals surface area contributed by atoms with E-state index < -0.39 is 0 Å². The highest BCUT2D eigenvalue weighted by Crippen LogP contribution is 2.53. The van der Waals surface area contributed by atoms with Gasteiger partial charge in [0.05, 0.1) is 0 Å². The molecule has 0 amide bonds. The van der Waals surface area contributed by atoms with Crippen molar-refractivity contribution in [2.45, 2.75) is 32.1 Å². The van der Waals surface area contributed by atoms with Gasteiger partial charge < -0.3 is 5.11 Å². The van der Waals surface area contributed by atoms with Crippen molar-refractivity contribution in [1.82, 2.24) is 0 Å². The van der Waals surface area contributed by atoms with E-state index >= 15 is 0 Å². The lowest BCUT2D eigenvalue weighted by atomic mass is 9.87. The molecule has 3 atom stereocenters. The molecule has 0 aromatic heterocycles. The van der Waals surface area contributed by atoms with Crippen molar-refractivity contribution in [1.29, 1.82) is 0 Å². The predicted octanol–water partition coefficient (Wildman–Crippen LogP) is 1.80. The van der Waals surface area contributed by atoms with Crippen molar-refractivity contribution < 1.29 is 5.11 Å². The van der Waals surface area contributed by atoms with E-state index in [0.717, 1.165) is 24.2 Å². The van der Waals surface area contributed by atoms with Gasteiger partial charge in [0.2, 0.25) is 0 Å². The van der Waals surface area contributed by atoms with E-state index in [-0.39, 0.29) is 0 Å². The zero-order chi connectivity index (χ0) is 6.97. The minimum absolute atomic E-state index is 0.411. The second-order valence-corrected chi connectivity index (χ2v) is 3.86. The van der Waals surface area contributed by atoms with E-state index in [2.05, 4.69) is 0 Å². The zero-order valence-corrected chi connectivity index (χ0v) is 6.42. The minimum atomic E-state index is 0.411. The van der Waals surface area contributed by atoms with Gasteiger partial charge in [-0.15, -0.1) is 0 Å². The molecule has 2 aliphatic rings. The third-order valence-corrected chi connectivity index (χ3v) is 3.23. The van der Waals surface area contributed by atoms with E-state index in [1.54, 1.807) is 0 Å². The fourth-order valence-electron chi connectivity index (χ4n) is 2.56. The number of hydrogen-bond donors (Lipinski definition) is 1. The molecule has 0 spiro atoms. The van der Waals surface area contributed by atoms with Gasteiger partial charge in [-0.25, -0.2) is 0 Å². The van der Waals surface area contributed by atoms with Crippen LogP contribution in [0, 0.1) is 17.8 Å². The van der Waals surface area contributed by atoms with Crippen LogP contribution in [-0.4, -0.2) is 11.7 Å². The molecule has 0 saturated heterocycles. The minimum Gasteiger partial charge on any atom is -0.396 e. The molecule has 0 bridgehead atoms. The average molecular weight is 140 g/mol. The first-order chi connectivity index (χ1) is 4.92. The van der Waals surface area contributed by atoms with Crippen LogP contribution < -0.4 is 0 Å². The first kappa shape index (κ1) is 6.66. The summed E-state index contributed by atoms with van der Waals surface area (Å²) in [5.41, 5.74) is 0. The van der Waals surface area contributed by atoms with Crippen LogP contribution in [-0.2, 0) is 0 Å². The number of rotatable bonds is 2. The Morgan fingerprint density at radius 3 is 3.00 bits per heavy atom. The molecule has 3 unspecified atom stereocenters. The fraction of sp³-hybridized carbons (Fsp3) is 1.00. The van der Waals surface area contributed by atoms with Crippen molar-refractivity contribution in [3.8, 4) is 0 Å². The van der Waals surface area contributed by atoms with Crippen molar-refractivity contribution >= 4 is 0 Å². The molecule has 1 heteroatoms. The van der Waals surface area contributed by atoms with Crippen LogP contribution in [0.5, 0.6) is 0 Å². The van der Waals surface area contributed by atoms with Crippen molar-refractivity contribution in [3.05, 3.63) is 0 Å². The van der Waals surface area contributed by atoms with Gasteiger partial charge in [-0.2, -0.15) is 0 Å². The van der Waals surface area contributed by atoms with E-state index in [1.807, 2.05) is 0 Å². The lowest BCUT2D eigenvalue weighted by Gasteiger charge is -2.19. The summed E-state index contributed by atoms with van der Waals surface area (Å²) in [6, 6.07) is 0. The molecule has 2 aliphatic carbocycles. The Labute approximate surface area is 62.4 Å². The summed E-state index contributed by atoms with van der Waals surface area (Å²) in [5.74, 6) is 3.00. The maximum absolute atomic E-state index is 8.75. The van der Waals surface area contributed by atoms with Gasteiger partial charge in [0.15, 0.2) is 0 Å². The molecular formula is C9H16O. The highest BCUT2D eigenvalue weighted by Gasteiger charge is 2.44. The molecule has 0 heterocycles. The smallest absolute Gasteiger partial charge is 0.0433 e. The monoisotopic (exact) mass is 140 g/mol. The predicted molar refractivity (Wildman–Crippen MR) is 40.6 cm³/mol. The van der Waals surface area contributed by atoms with Crippen molar-refractivity contribution in [2.24, 2.45) is 17.8 Å². The molecule has 1 nitrogen and oxygen atoms in total. The Morgan fingerprint density at radius 2 is 2.20 bits per heavy atom. The van der Waals surface area contributed by atoms with E-state index in [9.17, 15) is 0 Å². The van der Waals surface area contributed by atoms with E-state index in [4.69, 9.17) is 5.11 Å². The average Bonchev–Trinajstić information content (AvgIpc) is 2.67. The maximum Gasteiger partial charge on any atom is 0.0433 e. The van der Waals surface area contributed by atoms with Gasteiger partial charge in [-0.1, -0.05) is 19.3 Å². The van der Waals surface area contributed by atoms with Crippen molar-refractivity contribution in [3.63, 3.8) is 0 Å². The summed E-state index contributed by atoms with van der Waals surface area (Å²) in [5, 5.41) is 8.75. The lowest BCUT2D eigenvalue weighted by Crippen LogP contribution is -2.11. The molecule has 0 aliphatic heterocycles. The summed E-state index contributed by atoms with van der Waals surface area (Å²) < 4.78 is 0. The molecule has 1 N–H and O–H groups in total. The fourth-order valence-corrected chi connectivity index (χ4v) is 2.56. The van der Waals surface area contributed by atoms with Gasteiger partial charge in [-0.05, 0) is 30.6 Å². The summed E-state index contributed by atoms with van der Waals surface area (Å²) in [6.45, 7) is 0.411. The van der Waals surface area contributed by atoms with Crippen LogP contribution in [0.15, 0.2) is 0 Å². The van der Waals surface area contributed by atoms with Gasteiger partial charge in [-0.3, -0.25) is 0 Å². The topological polar surface area (TPSA) is 20.2 Å². The first-order valence-corrected chi connectivity index (χ1v) is 4.52. The standard InChI is InChI=1S/C9H16O/c10-5-4-7-2-1-3-8-6-9(7)8/h7-10H,1-6H2. The van der Waals surface area contributed by atoms with Crippen LogP contribution >= 0.6 is 0 Å². The Balaban J connectivity index is 1.84. The molecule has 58 valence electrons. The second-order valence-electron chi connectivity index (χ2n) is 3.86. The quantitative estimate of drug-likeness (QED) is 0.620. The number of aliphatic hydroxyl groups is 1. The number of fused-ring (bicyclic) bond motifs is 1.